The lowest BCUT2D eigenvalue weighted by Gasteiger charge is -2.19. The van der Waals surface area contributed by atoms with Crippen molar-refractivity contribution in [3.63, 3.8) is 0 Å². The minimum atomic E-state index is -0.202. The van der Waals surface area contributed by atoms with E-state index in [1.807, 2.05) is 36.5 Å². The van der Waals surface area contributed by atoms with E-state index >= 15 is 0 Å². The molecule has 0 aliphatic rings. The Hall–Kier alpha value is -3.73. The average Bonchev–Trinajstić information content (AvgIpc) is 3.23. The molecule has 0 aliphatic carbocycles. The zero-order valence-corrected chi connectivity index (χ0v) is 17.0. The van der Waals surface area contributed by atoms with Crippen molar-refractivity contribution in [1.29, 1.82) is 0 Å². The van der Waals surface area contributed by atoms with Gasteiger partial charge in [0, 0.05) is 29.6 Å². The summed E-state index contributed by atoms with van der Waals surface area (Å²) in [5.74, 6) is 0.761. The highest BCUT2D eigenvalue weighted by Gasteiger charge is 2.21. The third-order valence-electron chi connectivity index (χ3n) is 5.31. The molecule has 30 heavy (non-hydrogen) atoms. The lowest BCUT2D eigenvalue weighted by atomic mass is 9.91. The van der Waals surface area contributed by atoms with Gasteiger partial charge in [0.2, 0.25) is 0 Å². The molecule has 1 atom stereocenters. The molecule has 2 N–H and O–H groups in total. The SMILES string of the molecule is COc1cccc(C(=O)NCC(c2ccccc2)c2c[nH]c3ccccc23)c1OC. The number of H-pyrrole nitrogens is 1. The van der Waals surface area contributed by atoms with E-state index in [0.717, 1.165) is 22.0 Å². The van der Waals surface area contributed by atoms with Gasteiger partial charge in [0.1, 0.15) is 0 Å². The van der Waals surface area contributed by atoms with Gasteiger partial charge in [-0.1, -0.05) is 54.6 Å². The van der Waals surface area contributed by atoms with Crippen molar-refractivity contribution in [3.8, 4) is 11.5 Å². The highest BCUT2D eigenvalue weighted by atomic mass is 16.5. The van der Waals surface area contributed by atoms with Crippen LogP contribution in [0.25, 0.3) is 10.9 Å². The maximum Gasteiger partial charge on any atom is 0.255 e. The van der Waals surface area contributed by atoms with Gasteiger partial charge in [0.05, 0.1) is 19.8 Å². The van der Waals surface area contributed by atoms with Crippen LogP contribution < -0.4 is 14.8 Å². The summed E-state index contributed by atoms with van der Waals surface area (Å²) in [6.07, 6.45) is 2.03. The van der Waals surface area contributed by atoms with E-state index < -0.39 is 0 Å². The van der Waals surface area contributed by atoms with E-state index in [9.17, 15) is 4.79 Å². The highest BCUT2D eigenvalue weighted by Crippen LogP contribution is 2.32. The van der Waals surface area contributed by atoms with Gasteiger partial charge in [-0.05, 0) is 29.3 Å². The summed E-state index contributed by atoms with van der Waals surface area (Å²) >= 11 is 0. The number of aromatic amines is 1. The number of carbonyl (C=O) groups excluding carboxylic acids is 1. The molecular formula is C25H24N2O3. The van der Waals surface area contributed by atoms with Gasteiger partial charge in [-0.2, -0.15) is 0 Å². The van der Waals surface area contributed by atoms with Crippen molar-refractivity contribution in [2.75, 3.05) is 20.8 Å². The number of amides is 1. The Labute approximate surface area is 175 Å². The van der Waals surface area contributed by atoms with E-state index in [1.165, 1.54) is 7.11 Å². The summed E-state index contributed by atoms with van der Waals surface area (Å²) in [6.45, 7) is 0.449. The Morgan fingerprint density at radius 3 is 2.47 bits per heavy atom. The summed E-state index contributed by atoms with van der Waals surface area (Å²) in [7, 11) is 3.09. The maximum absolute atomic E-state index is 13.0. The highest BCUT2D eigenvalue weighted by molar-refractivity contribution is 5.98. The molecule has 0 spiro atoms. The monoisotopic (exact) mass is 400 g/mol. The summed E-state index contributed by atoms with van der Waals surface area (Å²) in [4.78, 5) is 16.3. The van der Waals surface area contributed by atoms with Gasteiger partial charge >= 0.3 is 0 Å². The van der Waals surface area contributed by atoms with Crippen LogP contribution in [-0.4, -0.2) is 31.7 Å². The fourth-order valence-corrected chi connectivity index (χ4v) is 3.83. The molecule has 4 aromatic rings. The molecule has 0 aliphatic heterocycles. The number of methoxy groups -OCH3 is 2. The molecule has 1 amide bonds. The Bertz CT molecular complexity index is 1150. The number of rotatable bonds is 7. The van der Waals surface area contributed by atoms with Crippen molar-refractivity contribution in [1.82, 2.24) is 10.3 Å². The van der Waals surface area contributed by atoms with Crippen molar-refractivity contribution in [2.24, 2.45) is 0 Å². The van der Waals surface area contributed by atoms with Crippen LogP contribution in [0.2, 0.25) is 0 Å². The first-order valence-corrected chi connectivity index (χ1v) is 9.83. The van der Waals surface area contributed by atoms with Crippen LogP contribution in [-0.2, 0) is 0 Å². The third kappa shape index (κ3) is 3.74. The molecule has 4 rings (SSSR count). The van der Waals surface area contributed by atoms with E-state index in [0.29, 0.717) is 23.6 Å². The van der Waals surface area contributed by atoms with Gasteiger partial charge in [-0.3, -0.25) is 4.79 Å². The third-order valence-corrected chi connectivity index (χ3v) is 5.31. The largest absolute Gasteiger partial charge is 0.493 e. The molecule has 1 aromatic heterocycles. The first-order chi connectivity index (χ1) is 14.7. The van der Waals surface area contributed by atoms with Crippen molar-refractivity contribution < 1.29 is 14.3 Å². The fourth-order valence-electron chi connectivity index (χ4n) is 3.83. The summed E-state index contributed by atoms with van der Waals surface area (Å²) in [5, 5.41) is 4.24. The summed E-state index contributed by atoms with van der Waals surface area (Å²) in [5.41, 5.74) is 3.81. The van der Waals surface area contributed by atoms with Gasteiger partial charge < -0.3 is 19.8 Å². The Balaban J connectivity index is 1.65. The second kappa shape index (κ2) is 8.74. The molecule has 3 aromatic carbocycles. The van der Waals surface area contributed by atoms with E-state index in [2.05, 4.69) is 34.6 Å². The normalized spacial score (nSPS) is 11.8. The van der Waals surface area contributed by atoms with Gasteiger partial charge in [0.15, 0.2) is 11.5 Å². The van der Waals surface area contributed by atoms with Crippen LogP contribution in [0.15, 0.2) is 79.0 Å². The standard InChI is InChI=1S/C25H24N2O3/c1-29-23-14-8-12-19(24(23)30-2)25(28)27-15-20(17-9-4-3-5-10-17)21-16-26-22-13-7-6-11-18(21)22/h3-14,16,20,26H,15H2,1-2H3,(H,27,28). The van der Waals surface area contributed by atoms with Crippen LogP contribution in [0, 0.1) is 0 Å². The lowest BCUT2D eigenvalue weighted by Crippen LogP contribution is -2.29. The number of carbonyl (C=O) groups is 1. The molecular weight excluding hydrogens is 376 g/mol. The Morgan fingerprint density at radius 1 is 0.933 bits per heavy atom. The van der Waals surface area contributed by atoms with Crippen molar-refractivity contribution in [3.05, 3.63) is 95.7 Å². The number of para-hydroxylation sites is 2. The van der Waals surface area contributed by atoms with Gasteiger partial charge in [-0.15, -0.1) is 0 Å². The molecule has 152 valence electrons. The number of nitrogens with one attached hydrogen (secondary N) is 2. The van der Waals surface area contributed by atoms with Gasteiger partial charge in [0.25, 0.3) is 5.91 Å². The molecule has 0 fully saturated rings. The number of aromatic nitrogens is 1. The number of ether oxygens (including phenoxy) is 2. The topological polar surface area (TPSA) is 63.3 Å². The average molecular weight is 400 g/mol. The predicted molar refractivity (Wildman–Crippen MR) is 118 cm³/mol. The zero-order chi connectivity index (χ0) is 20.9. The molecule has 5 nitrogen and oxygen atoms in total. The smallest absolute Gasteiger partial charge is 0.255 e. The van der Waals surface area contributed by atoms with Crippen LogP contribution in [0.5, 0.6) is 11.5 Å². The second-order valence-corrected chi connectivity index (χ2v) is 7.00. The van der Waals surface area contributed by atoms with Crippen LogP contribution in [0.1, 0.15) is 27.4 Å². The molecule has 0 saturated carbocycles. The van der Waals surface area contributed by atoms with Crippen LogP contribution in [0.3, 0.4) is 0 Å². The number of hydrogen-bond acceptors (Lipinski definition) is 3. The summed E-state index contributed by atoms with van der Waals surface area (Å²) in [6, 6.07) is 23.7. The number of fused-ring (bicyclic) bond motifs is 1. The van der Waals surface area contributed by atoms with E-state index in [4.69, 9.17) is 9.47 Å². The second-order valence-electron chi connectivity index (χ2n) is 7.00. The Morgan fingerprint density at radius 2 is 1.70 bits per heavy atom. The first-order valence-electron chi connectivity index (χ1n) is 9.83. The minimum Gasteiger partial charge on any atom is -0.493 e. The van der Waals surface area contributed by atoms with Crippen LogP contribution in [0.4, 0.5) is 0 Å². The van der Waals surface area contributed by atoms with Crippen molar-refractivity contribution in [2.45, 2.75) is 5.92 Å². The first kappa shape index (κ1) is 19.6. The molecule has 1 heterocycles. The molecule has 0 radical (unpaired) electrons. The minimum absolute atomic E-state index is 0.00269. The number of hydrogen-bond donors (Lipinski definition) is 2. The number of benzene rings is 3. The molecule has 0 saturated heterocycles. The fraction of sp³-hybridized carbons (Fsp3) is 0.160. The zero-order valence-electron chi connectivity index (χ0n) is 17.0. The van der Waals surface area contributed by atoms with Gasteiger partial charge in [-0.25, -0.2) is 0 Å². The molecule has 5 heteroatoms. The quantitative estimate of drug-likeness (QED) is 0.471. The summed E-state index contributed by atoms with van der Waals surface area (Å²) < 4.78 is 10.7. The maximum atomic E-state index is 13.0. The van der Waals surface area contributed by atoms with E-state index in [1.54, 1.807) is 25.3 Å². The predicted octanol–water partition coefficient (Wildman–Crippen LogP) is 4.75. The molecule has 0 bridgehead atoms. The van der Waals surface area contributed by atoms with E-state index in [-0.39, 0.29) is 11.8 Å². The van der Waals surface area contributed by atoms with Crippen LogP contribution >= 0.6 is 0 Å². The molecule has 1 unspecified atom stereocenters. The lowest BCUT2D eigenvalue weighted by molar-refractivity contribution is 0.0948. The van der Waals surface area contributed by atoms with Crippen molar-refractivity contribution >= 4 is 16.8 Å². The Kier molecular flexibility index (Phi) is 5.70.